The van der Waals surface area contributed by atoms with E-state index < -0.39 is 10.0 Å². The van der Waals surface area contributed by atoms with Crippen LogP contribution in [-0.2, 0) is 16.6 Å². The number of hydrogen-bond donors (Lipinski definition) is 1. The van der Waals surface area contributed by atoms with Crippen LogP contribution in [0.2, 0.25) is 0 Å². The summed E-state index contributed by atoms with van der Waals surface area (Å²) in [5, 5.41) is 0. The number of rotatable bonds is 6. The van der Waals surface area contributed by atoms with Crippen LogP contribution >= 0.6 is 22.6 Å². The molecular weight excluding hydrogens is 377 g/mol. The minimum absolute atomic E-state index is 0.301. The van der Waals surface area contributed by atoms with Crippen LogP contribution in [0.3, 0.4) is 0 Å². The predicted molar refractivity (Wildman–Crippen MR) is 81.2 cm³/mol. The summed E-state index contributed by atoms with van der Waals surface area (Å²) in [6.07, 6.45) is 6.00. The standard InChI is InChI=1S/C12H14IN3O2S/c13-11-2-4-12(5-3-11)19(17,18)15-6-1-8-16-9-7-14-10-16/h2-5,7,9-10,15H,1,6,8H2. The van der Waals surface area contributed by atoms with Crippen LogP contribution in [0.15, 0.2) is 47.9 Å². The van der Waals surface area contributed by atoms with Crippen molar-refractivity contribution in [2.24, 2.45) is 0 Å². The molecule has 0 saturated heterocycles. The highest BCUT2D eigenvalue weighted by atomic mass is 127. The number of halogens is 1. The van der Waals surface area contributed by atoms with E-state index in [0.29, 0.717) is 11.4 Å². The third-order valence-corrected chi connectivity index (χ3v) is 4.76. The SMILES string of the molecule is O=S(=O)(NCCCn1ccnc1)c1ccc(I)cc1. The molecule has 7 heteroatoms. The molecule has 0 bridgehead atoms. The lowest BCUT2D eigenvalue weighted by molar-refractivity contribution is 0.570. The van der Waals surface area contributed by atoms with E-state index in [1.54, 1.807) is 36.8 Å². The molecule has 0 saturated carbocycles. The average Bonchev–Trinajstić information content (AvgIpc) is 2.88. The molecule has 0 amide bonds. The van der Waals surface area contributed by atoms with Gasteiger partial charge in [0.1, 0.15) is 0 Å². The van der Waals surface area contributed by atoms with Crippen molar-refractivity contribution in [3.8, 4) is 0 Å². The normalized spacial score (nSPS) is 11.6. The van der Waals surface area contributed by atoms with Crippen molar-refractivity contribution in [3.05, 3.63) is 46.6 Å². The third kappa shape index (κ3) is 4.29. The van der Waals surface area contributed by atoms with Gasteiger partial charge in [-0.2, -0.15) is 0 Å². The average molecular weight is 391 g/mol. The molecular formula is C12H14IN3O2S. The Kier molecular flexibility index (Phi) is 4.94. The van der Waals surface area contributed by atoms with Crippen LogP contribution in [0.5, 0.6) is 0 Å². The van der Waals surface area contributed by atoms with Crippen LogP contribution in [0, 0.1) is 3.57 Å². The van der Waals surface area contributed by atoms with Gasteiger partial charge in [0.2, 0.25) is 10.0 Å². The molecule has 1 aromatic carbocycles. The summed E-state index contributed by atoms with van der Waals surface area (Å²) in [7, 11) is -3.40. The maximum Gasteiger partial charge on any atom is 0.240 e. The van der Waals surface area contributed by atoms with Crippen LogP contribution in [0.4, 0.5) is 0 Å². The van der Waals surface area contributed by atoms with E-state index in [-0.39, 0.29) is 0 Å². The minimum atomic E-state index is -3.40. The van der Waals surface area contributed by atoms with Gasteiger partial charge in [-0.05, 0) is 53.3 Å². The fraction of sp³-hybridized carbons (Fsp3) is 0.250. The second kappa shape index (κ2) is 6.49. The molecule has 102 valence electrons. The van der Waals surface area contributed by atoms with Gasteiger partial charge in [-0.25, -0.2) is 18.1 Å². The molecule has 0 atom stereocenters. The van der Waals surface area contributed by atoms with Crippen LogP contribution in [0.25, 0.3) is 0 Å². The van der Waals surface area contributed by atoms with Gasteiger partial charge in [0.15, 0.2) is 0 Å². The molecule has 0 aliphatic carbocycles. The summed E-state index contributed by atoms with van der Waals surface area (Å²) in [4.78, 5) is 4.23. The first-order valence-corrected chi connectivity index (χ1v) is 8.35. The Labute approximate surface area is 126 Å². The molecule has 2 rings (SSSR count). The van der Waals surface area contributed by atoms with Crippen LogP contribution in [-0.4, -0.2) is 24.5 Å². The summed E-state index contributed by atoms with van der Waals surface area (Å²) in [6, 6.07) is 6.78. The first-order chi connectivity index (χ1) is 9.08. The molecule has 2 aromatic rings. The largest absolute Gasteiger partial charge is 0.337 e. The van der Waals surface area contributed by atoms with Crippen molar-refractivity contribution >= 4 is 32.6 Å². The van der Waals surface area contributed by atoms with E-state index in [2.05, 4.69) is 32.3 Å². The number of aryl methyl sites for hydroxylation is 1. The topological polar surface area (TPSA) is 64.0 Å². The molecule has 5 nitrogen and oxygen atoms in total. The fourth-order valence-corrected chi connectivity index (χ4v) is 3.02. The number of sulfonamides is 1. The Hall–Kier alpha value is -0.930. The fourth-order valence-electron chi connectivity index (χ4n) is 1.58. The van der Waals surface area contributed by atoms with Crippen molar-refractivity contribution in [2.75, 3.05) is 6.54 Å². The lowest BCUT2D eigenvalue weighted by atomic mass is 10.4. The van der Waals surface area contributed by atoms with E-state index in [0.717, 1.165) is 16.5 Å². The molecule has 0 spiro atoms. The van der Waals surface area contributed by atoms with Crippen molar-refractivity contribution < 1.29 is 8.42 Å². The Morgan fingerprint density at radius 3 is 2.63 bits per heavy atom. The minimum Gasteiger partial charge on any atom is -0.337 e. The highest BCUT2D eigenvalue weighted by Crippen LogP contribution is 2.11. The summed E-state index contributed by atoms with van der Waals surface area (Å²) >= 11 is 2.14. The third-order valence-electron chi connectivity index (χ3n) is 2.57. The first kappa shape index (κ1) is 14.5. The van der Waals surface area contributed by atoms with Gasteiger partial charge in [-0.1, -0.05) is 0 Å². The quantitative estimate of drug-likeness (QED) is 0.604. The zero-order chi connectivity index (χ0) is 13.7. The molecule has 1 N–H and O–H groups in total. The number of nitrogens with one attached hydrogen (secondary N) is 1. The predicted octanol–water partition coefficient (Wildman–Crippen LogP) is 1.86. The molecule has 0 unspecified atom stereocenters. The molecule has 1 heterocycles. The number of nitrogens with zero attached hydrogens (tertiary/aromatic N) is 2. The van der Waals surface area contributed by atoms with Crippen molar-refractivity contribution in [1.82, 2.24) is 14.3 Å². The highest BCUT2D eigenvalue weighted by Gasteiger charge is 2.12. The van der Waals surface area contributed by atoms with Gasteiger partial charge >= 0.3 is 0 Å². The maximum atomic E-state index is 12.0. The highest BCUT2D eigenvalue weighted by molar-refractivity contribution is 14.1. The van der Waals surface area contributed by atoms with E-state index in [1.165, 1.54) is 0 Å². The molecule has 19 heavy (non-hydrogen) atoms. The Bertz CT molecular complexity index is 609. The Balaban J connectivity index is 1.86. The summed E-state index contributed by atoms with van der Waals surface area (Å²) < 4.78 is 29.5. The summed E-state index contributed by atoms with van der Waals surface area (Å²) in [6.45, 7) is 1.15. The van der Waals surface area contributed by atoms with E-state index in [4.69, 9.17) is 0 Å². The lowest BCUT2D eigenvalue weighted by Crippen LogP contribution is -2.25. The van der Waals surface area contributed by atoms with E-state index >= 15 is 0 Å². The zero-order valence-electron chi connectivity index (χ0n) is 10.2. The number of benzene rings is 1. The molecule has 0 aliphatic heterocycles. The Morgan fingerprint density at radius 1 is 1.26 bits per heavy atom. The van der Waals surface area contributed by atoms with Gasteiger partial charge in [0, 0.05) is 29.1 Å². The number of hydrogen-bond acceptors (Lipinski definition) is 3. The second-order valence-electron chi connectivity index (χ2n) is 4.01. The van der Waals surface area contributed by atoms with E-state index in [9.17, 15) is 8.42 Å². The first-order valence-electron chi connectivity index (χ1n) is 5.79. The molecule has 1 aromatic heterocycles. The summed E-state index contributed by atoms with van der Waals surface area (Å²) in [5.41, 5.74) is 0. The monoisotopic (exact) mass is 391 g/mol. The second-order valence-corrected chi connectivity index (χ2v) is 7.02. The number of aromatic nitrogens is 2. The van der Waals surface area contributed by atoms with Crippen molar-refractivity contribution in [1.29, 1.82) is 0 Å². The zero-order valence-corrected chi connectivity index (χ0v) is 13.1. The number of imidazole rings is 1. The van der Waals surface area contributed by atoms with Crippen LogP contribution < -0.4 is 4.72 Å². The van der Waals surface area contributed by atoms with E-state index in [1.807, 2.05) is 10.8 Å². The van der Waals surface area contributed by atoms with Gasteiger partial charge in [0.25, 0.3) is 0 Å². The smallest absolute Gasteiger partial charge is 0.240 e. The summed E-state index contributed by atoms with van der Waals surface area (Å²) in [5.74, 6) is 0. The van der Waals surface area contributed by atoms with Gasteiger partial charge < -0.3 is 4.57 Å². The molecule has 0 aliphatic rings. The molecule has 0 radical (unpaired) electrons. The van der Waals surface area contributed by atoms with Crippen molar-refractivity contribution in [3.63, 3.8) is 0 Å². The van der Waals surface area contributed by atoms with Crippen molar-refractivity contribution in [2.45, 2.75) is 17.9 Å². The maximum absolute atomic E-state index is 12.0. The van der Waals surface area contributed by atoms with Gasteiger partial charge in [-0.3, -0.25) is 0 Å². The van der Waals surface area contributed by atoms with Gasteiger partial charge in [0.05, 0.1) is 11.2 Å². The Morgan fingerprint density at radius 2 is 2.00 bits per heavy atom. The lowest BCUT2D eigenvalue weighted by Gasteiger charge is -2.07. The van der Waals surface area contributed by atoms with Gasteiger partial charge in [-0.15, -0.1) is 0 Å². The molecule has 0 fully saturated rings. The van der Waals surface area contributed by atoms with Crippen LogP contribution in [0.1, 0.15) is 6.42 Å².